The number of benzene rings is 2. The molecule has 0 unspecified atom stereocenters. The van der Waals surface area contributed by atoms with E-state index in [2.05, 4.69) is 15.0 Å². The fourth-order valence-corrected chi connectivity index (χ4v) is 3.69. The topological polar surface area (TPSA) is 106 Å². The summed E-state index contributed by atoms with van der Waals surface area (Å²) in [5.41, 5.74) is 10.6. The molecule has 0 aliphatic carbocycles. The lowest BCUT2D eigenvalue weighted by Crippen LogP contribution is -2.03. The van der Waals surface area contributed by atoms with Gasteiger partial charge in [0.1, 0.15) is 5.82 Å². The van der Waals surface area contributed by atoms with E-state index in [1.54, 1.807) is 22.7 Å². The summed E-state index contributed by atoms with van der Waals surface area (Å²) in [6.45, 7) is 1.99. The van der Waals surface area contributed by atoms with Gasteiger partial charge in [0.05, 0.1) is 16.9 Å². The summed E-state index contributed by atoms with van der Waals surface area (Å²) in [5.74, 6) is -1.47. The zero-order valence-electron chi connectivity index (χ0n) is 16.4. The number of carbonyl (C=O) groups is 1. The first-order chi connectivity index (χ1) is 14.9. The second-order valence-electron chi connectivity index (χ2n) is 7.19. The summed E-state index contributed by atoms with van der Waals surface area (Å²) >= 11 is 0. The highest BCUT2D eigenvalue weighted by atomic mass is 19.1. The van der Waals surface area contributed by atoms with Gasteiger partial charge in [0.25, 0.3) is 0 Å². The van der Waals surface area contributed by atoms with Crippen molar-refractivity contribution in [1.29, 1.82) is 0 Å². The Balaban J connectivity index is 1.89. The van der Waals surface area contributed by atoms with Gasteiger partial charge >= 0.3 is 5.97 Å². The number of hydrogen-bond acceptors (Lipinski definition) is 5. The van der Waals surface area contributed by atoms with Gasteiger partial charge in [0.15, 0.2) is 17.2 Å². The fourth-order valence-electron chi connectivity index (χ4n) is 3.69. The van der Waals surface area contributed by atoms with Crippen LogP contribution in [0.4, 0.5) is 10.2 Å². The summed E-state index contributed by atoms with van der Waals surface area (Å²) in [6, 6.07) is 13.6. The van der Waals surface area contributed by atoms with Gasteiger partial charge in [0.2, 0.25) is 0 Å². The zero-order valence-corrected chi connectivity index (χ0v) is 16.4. The summed E-state index contributed by atoms with van der Waals surface area (Å²) < 4.78 is 15.2. The molecular formula is C23H16FN5O2. The van der Waals surface area contributed by atoms with Crippen LogP contribution in [0, 0.1) is 12.7 Å². The number of pyridine rings is 1. The average molecular weight is 413 g/mol. The molecule has 0 saturated heterocycles. The molecule has 0 bridgehead atoms. The van der Waals surface area contributed by atoms with Crippen molar-refractivity contribution in [2.24, 2.45) is 0 Å². The van der Waals surface area contributed by atoms with Crippen molar-refractivity contribution < 1.29 is 14.3 Å². The standard InChI is InChI=1S/C23H16FN5O2/c1-12-8-9-26-17-7-4-14(10-16(12)17)20-19(13-2-5-15(24)6-3-13)28-21(25)22-27-18(23(30)31)11-29(20)22/h2-11H,1H3,(H2,25,28)(H,30,31). The summed E-state index contributed by atoms with van der Waals surface area (Å²) in [6.07, 6.45) is 3.16. The second kappa shape index (κ2) is 6.88. The van der Waals surface area contributed by atoms with Gasteiger partial charge in [-0.2, -0.15) is 0 Å². The van der Waals surface area contributed by atoms with Crippen LogP contribution < -0.4 is 5.73 Å². The van der Waals surface area contributed by atoms with Crippen LogP contribution in [0.2, 0.25) is 0 Å². The van der Waals surface area contributed by atoms with E-state index in [9.17, 15) is 14.3 Å². The van der Waals surface area contributed by atoms with Crippen molar-refractivity contribution in [2.45, 2.75) is 6.92 Å². The first-order valence-electron chi connectivity index (χ1n) is 9.46. The number of carboxylic acids is 1. The Hall–Kier alpha value is -4.33. The Kier molecular flexibility index (Phi) is 4.14. The number of nitrogens with zero attached hydrogens (tertiary/aromatic N) is 4. The maximum absolute atomic E-state index is 13.5. The highest BCUT2D eigenvalue weighted by Crippen LogP contribution is 2.35. The summed E-state index contributed by atoms with van der Waals surface area (Å²) in [4.78, 5) is 24.6. The molecule has 0 radical (unpaired) electrons. The number of hydrogen-bond donors (Lipinski definition) is 2. The predicted molar refractivity (Wildman–Crippen MR) is 115 cm³/mol. The van der Waals surface area contributed by atoms with E-state index in [1.165, 1.54) is 18.3 Å². The number of aryl methyl sites for hydroxylation is 1. The molecular weight excluding hydrogens is 397 g/mol. The van der Waals surface area contributed by atoms with Crippen molar-refractivity contribution in [3.8, 4) is 22.5 Å². The molecule has 8 heteroatoms. The zero-order chi connectivity index (χ0) is 21.7. The van der Waals surface area contributed by atoms with Crippen LogP contribution in [0.15, 0.2) is 60.9 Å². The molecule has 3 aromatic heterocycles. The van der Waals surface area contributed by atoms with Gasteiger partial charge in [-0.3, -0.25) is 9.38 Å². The molecule has 5 rings (SSSR count). The molecule has 3 N–H and O–H groups in total. The van der Waals surface area contributed by atoms with Crippen LogP contribution >= 0.6 is 0 Å². The lowest BCUT2D eigenvalue weighted by molar-refractivity contribution is 0.0691. The number of halogens is 1. The molecule has 7 nitrogen and oxygen atoms in total. The summed E-state index contributed by atoms with van der Waals surface area (Å²) in [5, 5.41) is 10.4. The smallest absolute Gasteiger partial charge is 0.356 e. The molecule has 0 fully saturated rings. The van der Waals surface area contributed by atoms with Gasteiger partial charge in [-0.15, -0.1) is 0 Å². The molecule has 0 saturated carbocycles. The summed E-state index contributed by atoms with van der Waals surface area (Å²) in [7, 11) is 0. The van der Waals surface area contributed by atoms with Crippen LogP contribution in [-0.4, -0.2) is 30.4 Å². The Morgan fingerprint density at radius 3 is 2.55 bits per heavy atom. The Bertz CT molecular complexity index is 1490. The van der Waals surface area contributed by atoms with Crippen LogP contribution in [0.1, 0.15) is 16.1 Å². The van der Waals surface area contributed by atoms with Crippen LogP contribution in [0.5, 0.6) is 0 Å². The van der Waals surface area contributed by atoms with Crippen LogP contribution in [0.3, 0.4) is 0 Å². The predicted octanol–water partition coefficient (Wildman–Crippen LogP) is 4.34. The maximum atomic E-state index is 13.5. The van der Waals surface area contributed by atoms with E-state index in [0.29, 0.717) is 17.0 Å². The van der Waals surface area contributed by atoms with Crippen molar-refractivity contribution in [2.75, 3.05) is 5.73 Å². The first-order valence-corrected chi connectivity index (χ1v) is 9.46. The van der Waals surface area contributed by atoms with Crippen LogP contribution in [0.25, 0.3) is 39.1 Å². The number of rotatable bonds is 3. The minimum Gasteiger partial charge on any atom is -0.476 e. The third-order valence-electron chi connectivity index (χ3n) is 5.20. The van der Waals surface area contributed by atoms with Crippen molar-refractivity contribution in [3.63, 3.8) is 0 Å². The minimum absolute atomic E-state index is 0.0780. The van der Waals surface area contributed by atoms with E-state index < -0.39 is 5.97 Å². The number of carboxylic acid groups (broad SMARTS) is 1. The van der Waals surface area contributed by atoms with Crippen molar-refractivity contribution in [1.82, 2.24) is 19.4 Å². The molecule has 0 atom stereocenters. The van der Waals surface area contributed by atoms with Gasteiger partial charge in [-0.25, -0.2) is 19.2 Å². The van der Waals surface area contributed by atoms with Gasteiger partial charge in [-0.05, 0) is 55.0 Å². The molecule has 3 heterocycles. The average Bonchev–Trinajstić information content (AvgIpc) is 3.21. The molecule has 0 amide bonds. The molecule has 0 spiro atoms. The first kappa shape index (κ1) is 18.7. The third-order valence-corrected chi connectivity index (χ3v) is 5.20. The molecule has 0 aliphatic heterocycles. The second-order valence-corrected chi connectivity index (χ2v) is 7.19. The number of nitrogens with two attached hydrogens (primary N) is 1. The van der Waals surface area contributed by atoms with E-state index in [0.717, 1.165) is 22.0 Å². The lowest BCUT2D eigenvalue weighted by atomic mass is 10.0. The number of aromatic nitrogens is 4. The fraction of sp³-hybridized carbons (Fsp3) is 0.0435. The number of imidazole rings is 1. The number of fused-ring (bicyclic) bond motifs is 2. The highest BCUT2D eigenvalue weighted by molar-refractivity contribution is 5.92. The van der Waals surface area contributed by atoms with E-state index in [1.807, 2.05) is 31.2 Å². The van der Waals surface area contributed by atoms with Gasteiger partial charge in [0, 0.05) is 28.9 Å². The normalized spacial score (nSPS) is 11.3. The van der Waals surface area contributed by atoms with Crippen molar-refractivity contribution >= 4 is 28.3 Å². The van der Waals surface area contributed by atoms with Crippen molar-refractivity contribution in [3.05, 3.63) is 78.0 Å². The Labute approximate surface area is 175 Å². The molecule has 0 aliphatic rings. The highest BCUT2D eigenvalue weighted by Gasteiger charge is 2.20. The van der Waals surface area contributed by atoms with Crippen LogP contribution in [-0.2, 0) is 0 Å². The number of nitrogen functional groups attached to an aromatic ring is 1. The molecule has 2 aromatic carbocycles. The monoisotopic (exact) mass is 413 g/mol. The lowest BCUT2D eigenvalue weighted by Gasteiger charge is -2.14. The number of anilines is 1. The molecule has 31 heavy (non-hydrogen) atoms. The maximum Gasteiger partial charge on any atom is 0.356 e. The van der Waals surface area contributed by atoms with Gasteiger partial charge in [-0.1, -0.05) is 6.07 Å². The number of aromatic carboxylic acids is 1. The van der Waals surface area contributed by atoms with Gasteiger partial charge < -0.3 is 10.8 Å². The molecule has 5 aromatic rings. The third kappa shape index (κ3) is 3.05. The Morgan fingerprint density at radius 2 is 1.81 bits per heavy atom. The largest absolute Gasteiger partial charge is 0.476 e. The molecule has 152 valence electrons. The Morgan fingerprint density at radius 1 is 1.06 bits per heavy atom. The quantitative estimate of drug-likeness (QED) is 0.456. The van der Waals surface area contributed by atoms with E-state index in [4.69, 9.17) is 5.73 Å². The minimum atomic E-state index is -1.17. The van der Waals surface area contributed by atoms with E-state index in [-0.39, 0.29) is 23.0 Å². The van der Waals surface area contributed by atoms with E-state index >= 15 is 0 Å². The SMILES string of the molecule is Cc1ccnc2ccc(-c3c(-c4ccc(F)cc4)nc(N)c4nc(C(=O)O)cn34)cc12.